The molecule has 0 amide bonds. The molecule has 20 heavy (non-hydrogen) atoms. The maximum atomic E-state index is 10.2. The number of benzene rings is 1. The van der Waals surface area contributed by atoms with Crippen molar-refractivity contribution in [2.24, 2.45) is 0 Å². The fourth-order valence-electron chi connectivity index (χ4n) is 2.39. The molecule has 2 aromatic rings. The van der Waals surface area contributed by atoms with Crippen LogP contribution < -0.4 is 0 Å². The molecule has 1 atom stereocenters. The van der Waals surface area contributed by atoms with Gasteiger partial charge in [0.2, 0.25) is 0 Å². The Morgan fingerprint density at radius 3 is 2.80 bits per heavy atom. The van der Waals surface area contributed by atoms with Crippen molar-refractivity contribution in [3.8, 4) is 0 Å². The van der Waals surface area contributed by atoms with Crippen molar-refractivity contribution in [1.82, 2.24) is 9.55 Å². The van der Waals surface area contributed by atoms with Gasteiger partial charge in [0.15, 0.2) is 0 Å². The molecule has 0 bridgehead atoms. The highest BCUT2D eigenvalue weighted by molar-refractivity contribution is 7.99. The van der Waals surface area contributed by atoms with Crippen molar-refractivity contribution in [3.05, 3.63) is 30.1 Å². The summed E-state index contributed by atoms with van der Waals surface area (Å²) in [7, 11) is 0. The highest BCUT2D eigenvalue weighted by atomic mass is 32.2. The summed E-state index contributed by atoms with van der Waals surface area (Å²) in [5, 5.41) is 10.2. The maximum absolute atomic E-state index is 10.2. The largest absolute Gasteiger partial charge is 0.392 e. The molecule has 1 N–H and O–H groups in total. The van der Waals surface area contributed by atoms with Crippen LogP contribution in [-0.4, -0.2) is 32.3 Å². The first-order chi connectivity index (χ1) is 9.76. The third-order valence-corrected chi connectivity index (χ3v) is 4.58. The zero-order valence-corrected chi connectivity index (χ0v) is 13.2. The van der Waals surface area contributed by atoms with E-state index in [0.29, 0.717) is 6.42 Å². The zero-order valence-electron chi connectivity index (χ0n) is 12.4. The van der Waals surface area contributed by atoms with E-state index in [-0.39, 0.29) is 6.10 Å². The van der Waals surface area contributed by atoms with Crippen molar-refractivity contribution in [3.63, 3.8) is 0 Å². The number of aliphatic hydroxyl groups excluding tert-OH is 1. The molecule has 1 aromatic carbocycles. The Morgan fingerprint density at radius 1 is 1.25 bits per heavy atom. The molecule has 0 fully saturated rings. The Kier molecular flexibility index (Phi) is 5.92. The van der Waals surface area contributed by atoms with E-state index < -0.39 is 0 Å². The van der Waals surface area contributed by atoms with Gasteiger partial charge in [-0.1, -0.05) is 26.0 Å². The quantitative estimate of drug-likeness (QED) is 0.757. The number of hydrogen-bond acceptors (Lipinski definition) is 3. The molecule has 1 unspecified atom stereocenters. The molecule has 0 saturated carbocycles. The lowest BCUT2D eigenvalue weighted by atomic mass is 10.2. The predicted octanol–water partition coefficient (Wildman–Crippen LogP) is 3.49. The topological polar surface area (TPSA) is 38.1 Å². The average Bonchev–Trinajstić information content (AvgIpc) is 2.78. The minimum Gasteiger partial charge on any atom is -0.392 e. The molecule has 4 heteroatoms. The second kappa shape index (κ2) is 7.70. The van der Waals surface area contributed by atoms with Gasteiger partial charge in [0.05, 0.1) is 17.1 Å². The van der Waals surface area contributed by atoms with Crippen molar-refractivity contribution in [2.45, 2.75) is 45.8 Å². The number of rotatable bonds is 8. The molecular formula is C16H24N2OS. The van der Waals surface area contributed by atoms with Crippen LogP contribution in [0.3, 0.4) is 0 Å². The summed E-state index contributed by atoms with van der Waals surface area (Å²) in [6.45, 7) is 5.30. The molecule has 3 nitrogen and oxygen atoms in total. The summed E-state index contributed by atoms with van der Waals surface area (Å²) in [5.41, 5.74) is 2.21. The number of thioether (sulfide) groups is 1. The normalized spacial score (nSPS) is 12.9. The number of aliphatic hydroxyl groups is 1. The lowest BCUT2D eigenvalue weighted by molar-refractivity contribution is 0.196. The summed E-state index contributed by atoms with van der Waals surface area (Å²) in [6.07, 6.45) is 2.57. The number of fused-ring (bicyclic) bond motifs is 1. The molecule has 0 saturated heterocycles. The minimum absolute atomic E-state index is 0.307. The van der Waals surface area contributed by atoms with E-state index in [2.05, 4.69) is 24.5 Å². The van der Waals surface area contributed by atoms with Gasteiger partial charge in [-0.2, -0.15) is 11.8 Å². The van der Waals surface area contributed by atoms with Gasteiger partial charge in [-0.25, -0.2) is 4.98 Å². The molecular weight excluding hydrogens is 268 g/mol. The van der Waals surface area contributed by atoms with E-state index in [4.69, 9.17) is 4.98 Å². The number of hydrogen-bond donors (Lipinski definition) is 1. The number of para-hydroxylation sites is 2. The number of aromatic nitrogens is 2. The van der Waals surface area contributed by atoms with Crippen molar-refractivity contribution >= 4 is 22.8 Å². The Balaban J connectivity index is 2.13. The number of aryl methyl sites for hydroxylation is 1. The Hall–Kier alpha value is -1.00. The zero-order chi connectivity index (χ0) is 14.4. The summed E-state index contributed by atoms with van der Waals surface area (Å²) < 4.78 is 2.25. The van der Waals surface area contributed by atoms with E-state index in [0.717, 1.165) is 42.2 Å². The van der Waals surface area contributed by atoms with Crippen molar-refractivity contribution < 1.29 is 5.11 Å². The summed E-state index contributed by atoms with van der Waals surface area (Å²) >= 11 is 1.82. The standard InChI is InChI=1S/C16H24N2OS/c1-3-9-18-15-8-6-5-7-14(15)17-16(18)11-13(19)12-20-10-4-2/h5-8,13,19H,3-4,9-12H2,1-2H3. The van der Waals surface area contributed by atoms with Gasteiger partial charge in [0.1, 0.15) is 5.82 Å². The van der Waals surface area contributed by atoms with E-state index in [1.54, 1.807) is 0 Å². The molecule has 2 rings (SSSR count). The second-order valence-electron chi connectivity index (χ2n) is 5.10. The van der Waals surface area contributed by atoms with E-state index in [9.17, 15) is 5.11 Å². The number of imidazole rings is 1. The van der Waals surface area contributed by atoms with Crippen LogP contribution in [0, 0.1) is 0 Å². The predicted molar refractivity (Wildman–Crippen MR) is 87.4 cm³/mol. The van der Waals surface area contributed by atoms with Crippen LogP contribution in [0.2, 0.25) is 0 Å². The van der Waals surface area contributed by atoms with E-state index in [1.165, 1.54) is 5.52 Å². The second-order valence-corrected chi connectivity index (χ2v) is 6.25. The SMILES string of the molecule is CCCSCC(O)Cc1nc2ccccc2n1CCC. The van der Waals surface area contributed by atoms with Gasteiger partial charge in [0, 0.05) is 18.7 Å². The molecule has 0 radical (unpaired) electrons. The average molecular weight is 292 g/mol. The van der Waals surface area contributed by atoms with Gasteiger partial charge >= 0.3 is 0 Å². The molecule has 0 spiro atoms. The lowest BCUT2D eigenvalue weighted by Gasteiger charge is -2.12. The summed E-state index contributed by atoms with van der Waals surface area (Å²) in [6, 6.07) is 8.22. The molecule has 0 aliphatic rings. The van der Waals surface area contributed by atoms with Crippen LogP contribution in [0.25, 0.3) is 11.0 Å². The molecule has 110 valence electrons. The molecule has 1 heterocycles. The van der Waals surface area contributed by atoms with Gasteiger partial charge < -0.3 is 9.67 Å². The van der Waals surface area contributed by atoms with Crippen LogP contribution in [0.15, 0.2) is 24.3 Å². The van der Waals surface area contributed by atoms with E-state index >= 15 is 0 Å². The summed E-state index contributed by atoms with van der Waals surface area (Å²) in [4.78, 5) is 4.69. The first-order valence-corrected chi connectivity index (χ1v) is 8.61. The highest BCUT2D eigenvalue weighted by Crippen LogP contribution is 2.18. The Morgan fingerprint density at radius 2 is 2.05 bits per heavy atom. The monoisotopic (exact) mass is 292 g/mol. The van der Waals surface area contributed by atoms with Gasteiger partial charge in [0.25, 0.3) is 0 Å². The van der Waals surface area contributed by atoms with Crippen LogP contribution >= 0.6 is 11.8 Å². The fraction of sp³-hybridized carbons (Fsp3) is 0.562. The van der Waals surface area contributed by atoms with Gasteiger partial charge in [-0.05, 0) is 30.7 Å². The third kappa shape index (κ3) is 3.76. The number of nitrogens with zero attached hydrogens (tertiary/aromatic N) is 2. The van der Waals surface area contributed by atoms with Crippen LogP contribution in [-0.2, 0) is 13.0 Å². The van der Waals surface area contributed by atoms with Crippen LogP contribution in [0.5, 0.6) is 0 Å². The highest BCUT2D eigenvalue weighted by Gasteiger charge is 2.14. The van der Waals surface area contributed by atoms with E-state index in [1.807, 2.05) is 30.0 Å². The van der Waals surface area contributed by atoms with Gasteiger partial charge in [-0.3, -0.25) is 0 Å². The first kappa shape index (κ1) is 15.4. The third-order valence-electron chi connectivity index (χ3n) is 3.26. The van der Waals surface area contributed by atoms with Crippen molar-refractivity contribution in [2.75, 3.05) is 11.5 Å². The van der Waals surface area contributed by atoms with Crippen molar-refractivity contribution in [1.29, 1.82) is 0 Å². The Bertz CT molecular complexity index is 538. The first-order valence-electron chi connectivity index (χ1n) is 7.46. The minimum atomic E-state index is -0.307. The van der Waals surface area contributed by atoms with Crippen LogP contribution in [0.4, 0.5) is 0 Å². The smallest absolute Gasteiger partial charge is 0.112 e. The fourth-order valence-corrected chi connectivity index (χ4v) is 3.23. The maximum Gasteiger partial charge on any atom is 0.112 e. The molecule has 1 aromatic heterocycles. The summed E-state index contributed by atoms with van der Waals surface area (Å²) in [5.74, 6) is 2.92. The lowest BCUT2D eigenvalue weighted by Crippen LogP contribution is -2.17. The molecule has 0 aliphatic heterocycles. The molecule has 0 aliphatic carbocycles. The van der Waals surface area contributed by atoms with Crippen LogP contribution in [0.1, 0.15) is 32.5 Å². The Labute approximate surface area is 125 Å². The van der Waals surface area contributed by atoms with Gasteiger partial charge in [-0.15, -0.1) is 0 Å².